The van der Waals surface area contributed by atoms with Gasteiger partial charge in [-0.2, -0.15) is 5.26 Å². The topological polar surface area (TPSA) is 102 Å². The molecule has 0 aliphatic heterocycles. The van der Waals surface area contributed by atoms with Crippen molar-refractivity contribution in [3.63, 3.8) is 0 Å². The van der Waals surface area contributed by atoms with Crippen LogP contribution in [0.1, 0.15) is 21.5 Å². The standard InChI is InChI=1S/C19H16ClN3O3/c1-12-2-7-16(20)8-17(12)23-18(24)15(9-21)11-22-10-13-3-5-14(6-4-13)19(25)26/h2-8,11,22H,10H2,1H3,(H,23,24)(H,25,26)/b15-11-. The van der Waals surface area contributed by atoms with Crippen LogP contribution in [-0.4, -0.2) is 17.0 Å². The molecule has 2 aromatic rings. The lowest BCUT2D eigenvalue weighted by molar-refractivity contribution is -0.112. The summed E-state index contributed by atoms with van der Waals surface area (Å²) in [6, 6.07) is 13.2. The largest absolute Gasteiger partial charge is 0.478 e. The van der Waals surface area contributed by atoms with Crippen LogP contribution in [0.15, 0.2) is 54.2 Å². The number of hydrogen-bond donors (Lipinski definition) is 3. The van der Waals surface area contributed by atoms with Gasteiger partial charge in [-0.05, 0) is 42.3 Å². The Bertz CT molecular complexity index is 899. The summed E-state index contributed by atoms with van der Waals surface area (Å²) in [5.41, 5.74) is 2.28. The summed E-state index contributed by atoms with van der Waals surface area (Å²) in [4.78, 5) is 23.0. The minimum absolute atomic E-state index is 0.0912. The smallest absolute Gasteiger partial charge is 0.335 e. The molecule has 132 valence electrons. The molecule has 3 N–H and O–H groups in total. The van der Waals surface area contributed by atoms with Crippen LogP contribution in [0.2, 0.25) is 5.02 Å². The molecular weight excluding hydrogens is 354 g/mol. The number of anilines is 1. The number of carbonyl (C=O) groups is 2. The number of amides is 1. The molecule has 0 aromatic heterocycles. The van der Waals surface area contributed by atoms with E-state index in [1.807, 2.05) is 13.0 Å². The Morgan fingerprint density at radius 1 is 1.23 bits per heavy atom. The number of hydrogen-bond acceptors (Lipinski definition) is 4. The number of benzene rings is 2. The first-order valence-corrected chi connectivity index (χ1v) is 8.02. The zero-order valence-electron chi connectivity index (χ0n) is 13.9. The summed E-state index contributed by atoms with van der Waals surface area (Å²) >= 11 is 5.92. The molecule has 0 unspecified atom stereocenters. The van der Waals surface area contributed by atoms with E-state index in [0.717, 1.165) is 11.1 Å². The monoisotopic (exact) mass is 369 g/mol. The van der Waals surface area contributed by atoms with Crippen molar-refractivity contribution in [2.75, 3.05) is 5.32 Å². The van der Waals surface area contributed by atoms with Gasteiger partial charge in [0.2, 0.25) is 0 Å². The van der Waals surface area contributed by atoms with Crippen LogP contribution >= 0.6 is 11.6 Å². The van der Waals surface area contributed by atoms with Crippen molar-refractivity contribution in [3.05, 3.63) is 76.0 Å². The Labute approximate surface area is 155 Å². The first-order chi connectivity index (χ1) is 12.4. The van der Waals surface area contributed by atoms with E-state index in [-0.39, 0.29) is 11.1 Å². The molecule has 6 nitrogen and oxygen atoms in total. The maximum absolute atomic E-state index is 12.2. The molecule has 0 radical (unpaired) electrons. The van der Waals surface area contributed by atoms with Crippen molar-refractivity contribution in [2.24, 2.45) is 0 Å². The third-order valence-electron chi connectivity index (χ3n) is 3.57. The molecule has 0 bridgehead atoms. The predicted octanol–water partition coefficient (Wildman–Crippen LogP) is 3.48. The Hall–Kier alpha value is -3.30. The number of halogens is 1. The predicted molar refractivity (Wildman–Crippen MR) is 98.8 cm³/mol. The number of nitrogens with one attached hydrogen (secondary N) is 2. The molecule has 0 aliphatic carbocycles. The van der Waals surface area contributed by atoms with Crippen LogP contribution in [-0.2, 0) is 11.3 Å². The number of nitriles is 1. The van der Waals surface area contributed by atoms with Crippen molar-refractivity contribution in [3.8, 4) is 6.07 Å². The Morgan fingerprint density at radius 3 is 2.54 bits per heavy atom. The number of carbonyl (C=O) groups excluding carboxylic acids is 1. The van der Waals surface area contributed by atoms with Crippen molar-refractivity contribution < 1.29 is 14.7 Å². The molecule has 7 heteroatoms. The fourth-order valence-electron chi connectivity index (χ4n) is 2.10. The van der Waals surface area contributed by atoms with E-state index in [1.54, 1.807) is 30.3 Å². The third-order valence-corrected chi connectivity index (χ3v) is 3.80. The van der Waals surface area contributed by atoms with Gasteiger partial charge < -0.3 is 15.7 Å². The molecule has 0 atom stereocenters. The van der Waals surface area contributed by atoms with Crippen molar-refractivity contribution in [1.82, 2.24) is 5.32 Å². The molecule has 2 aromatic carbocycles. The zero-order chi connectivity index (χ0) is 19.1. The lowest BCUT2D eigenvalue weighted by Crippen LogP contribution is -2.17. The van der Waals surface area contributed by atoms with E-state index >= 15 is 0 Å². The van der Waals surface area contributed by atoms with Crippen LogP contribution in [0.5, 0.6) is 0 Å². The highest BCUT2D eigenvalue weighted by molar-refractivity contribution is 6.31. The minimum atomic E-state index is -0.996. The highest BCUT2D eigenvalue weighted by Crippen LogP contribution is 2.20. The van der Waals surface area contributed by atoms with Crippen LogP contribution in [0, 0.1) is 18.3 Å². The van der Waals surface area contributed by atoms with Crippen molar-refractivity contribution in [1.29, 1.82) is 5.26 Å². The molecule has 0 fully saturated rings. The average Bonchev–Trinajstić information content (AvgIpc) is 2.62. The average molecular weight is 370 g/mol. The molecule has 0 spiro atoms. The van der Waals surface area contributed by atoms with Gasteiger partial charge in [-0.15, -0.1) is 0 Å². The molecule has 0 heterocycles. The molecule has 26 heavy (non-hydrogen) atoms. The Balaban J connectivity index is 2.00. The fourth-order valence-corrected chi connectivity index (χ4v) is 2.28. The Morgan fingerprint density at radius 2 is 1.92 bits per heavy atom. The van der Waals surface area contributed by atoms with Crippen LogP contribution in [0.4, 0.5) is 5.69 Å². The normalized spacial score (nSPS) is 10.7. The third kappa shape index (κ3) is 5.10. The fraction of sp³-hybridized carbons (Fsp3) is 0.105. The van der Waals surface area contributed by atoms with Gasteiger partial charge in [0.25, 0.3) is 5.91 Å². The molecule has 1 amide bonds. The summed E-state index contributed by atoms with van der Waals surface area (Å²) in [7, 11) is 0. The second-order valence-electron chi connectivity index (χ2n) is 5.47. The minimum Gasteiger partial charge on any atom is -0.478 e. The highest BCUT2D eigenvalue weighted by atomic mass is 35.5. The molecule has 0 aliphatic rings. The van der Waals surface area contributed by atoms with Gasteiger partial charge in [0.05, 0.1) is 5.56 Å². The van der Waals surface area contributed by atoms with Crippen LogP contribution < -0.4 is 10.6 Å². The maximum atomic E-state index is 12.2. The van der Waals surface area contributed by atoms with E-state index in [0.29, 0.717) is 17.3 Å². The van der Waals surface area contributed by atoms with Crippen LogP contribution in [0.25, 0.3) is 0 Å². The highest BCUT2D eigenvalue weighted by Gasteiger charge is 2.11. The second-order valence-corrected chi connectivity index (χ2v) is 5.90. The first kappa shape index (κ1) is 19.0. The number of carboxylic acid groups (broad SMARTS) is 1. The zero-order valence-corrected chi connectivity index (χ0v) is 14.7. The van der Waals surface area contributed by atoms with Crippen molar-refractivity contribution in [2.45, 2.75) is 13.5 Å². The van der Waals surface area contributed by atoms with E-state index < -0.39 is 11.9 Å². The number of rotatable bonds is 6. The number of aromatic carboxylic acids is 1. The maximum Gasteiger partial charge on any atom is 0.335 e. The van der Waals surface area contributed by atoms with Crippen LogP contribution in [0.3, 0.4) is 0 Å². The summed E-state index contributed by atoms with van der Waals surface area (Å²) in [5.74, 6) is -1.55. The summed E-state index contributed by atoms with van der Waals surface area (Å²) < 4.78 is 0. The first-order valence-electron chi connectivity index (χ1n) is 7.64. The molecular formula is C19H16ClN3O3. The van der Waals surface area contributed by atoms with E-state index in [2.05, 4.69) is 10.6 Å². The number of nitrogens with zero attached hydrogens (tertiary/aromatic N) is 1. The van der Waals surface area contributed by atoms with E-state index in [9.17, 15) is 14.9 Å². The van der Waals surface area contributed by atoms with Gasteiger partial charge in [-0.1, -0.05) is 29.8 Å². The van der Waals surface area contributed by atoms with Gasteiger partial charge >= 0.3 is 5.97 Å². The lowest BCUT2D eigenvalue weighted by atomic mass is 10.1. The molecule has 0 saturated carbocycles. The SMILES string of the molecule is Cc1ccc(Cl)cc1NC(=O)/C(C#N)=C\NCc1ccc(C(=O)O)cc1. The number of aryl methyl sites for hydroxylation is 1. The van der Waals surface area contributed by atoms with E-state index in [1.165, 1.54) is 18.3 Å². The van der Waals surface area contributed by atoms with Gasteiger partial charge in [0.1, 0.15) is 11.6 Å². The van der Waals surface area contributed by atoms with Gasteiger partial charge in [0.15, 0.2) is 0 Å². The quantitative estimate of drug-likeness (QED) is 0.534. The van der Waals surface area contributed by atoms with Gasteiger partial charge in [0, 0.05) is 23.5 Å². The summed E-state index contributed by atoms with van der Waals surface area (Å²) in [6.45, 7) is 2.16. The van der Waals surface area contributed by atoms with Gasteiger partial charge in [-0.25, -0.2) is 4.79 Å². The van der Waals surface area contributed by atoms with Crippen molar-refractivity contribution >= 4 is 29.2 Å². The number of carboxylic acids is 1. The summed E-state index contributed by atoms with van der Waals surface area (Å²) in [5, 5.41) is 24.1. The molecule has 2 rings (SSSR count). The summed E-state index contributed by atoms with van der Waals surface area (Å²) in [6.07, 6.45) is 1.32. The second kappa shape index (κ2) is 8.70. The Kier molecular flexibility index (Phi) is 6.36. The van der Waals surface area contributed by atoms with Gasteiger partial charge in [-0.3, -0.25) is 4.79 Å². The molecule has 0 saturated heterocycles. The van der Waals surface area contributed by atoms with E-state index in [4.69, 9.17) is 16.7 Å². The lowest BCUT2D eigenvalue weighted by Gasteiger charge is -2.08.